The van der Waals surface area contributed by atoms with Crippen molar-refractivity contribution in [1.82, 2.24) is 20.3 Å². The molecule has 0 aliphatic heterocycles. The summed E-state index contributed by atoms with van der Waals surface area (Å²) in [7, 11) is 1.29. The van der Waals surface area contributed by atoms with E-state index >= 15 is 0 Å². The van der Waals surface area contributed by atoms with Gasteiger partial charge in [-0.05, 0) is 18.9 Å². The second-order valence-electron chi connectivity index (χ2n) is 6.23. The first-order valence-electron chi connectivity index (χ1n) is 8.62. The zero-order chi connectivity index (χ0) is 18.4. The number of amides is 1. The molecule has 1 aliphatic carbocycles. The van der Waals surface area contributed by atoms with E-state index in [2.05, 4.69) is 20.4 Å². The summed E-state index contributed by atoms with van der Waals surface area (Å²) >= 11 is 0. The number of carbonyl (C=O) groups excluding carboxylic acids is 2. The Balaban J connectivity index is 1.49. The van der Waals surface area contributed by atoms with Gasteiger partial charge in [0.15, 0.2) is 0 Å². The molecule has 2 aromatic heterocycles. The van der Waals surface area contributed by atoms with Crippen LogP contribution in [0.25, 0.3) is 0 Å². The average Bonchev–Trinajstić information content (AvgIpc) is 3.30. The van der Waals surface area contributed by atoms with E-state index in [9.17, 15) is 9.59 Å². The van der Waals surface area contributed by atoms with Gasteiger partial charge < -0.3 is 19.2 Å². The third-order valence-electron chi connectivity index (χ3n) is 4.31. The van der Waals surface area contributed by atoms with Crippen molar-refractivity contribution in [3.05, 3.63) is 35.5 Å². The normalized spacial score (nSPS) is 14.8. The maximum absolute atomic E-state index is 11.8. The summed E-state index contributed by atoms with van der Waals surface area (Å²) in [6.45, 7) is 0.329. The number of nitrogens with one attached hydrogen (secondary N) is 1. The number of rotatable bonds is 6. The predicted octanol–water partition coefficient (Wildman–Crippen LogP) is 2.26. The second kappa shape index (κ2) is 8.50. The SMILES string of the molecule is COC(=O)c1occc1Cn1cc(COC(=O)NC2CCCCC2)nn1. The largest absolute Gasteiger partial charge is 0.463 e. The Bertz CT molecular complexity index is 748. The van der Waals surface area contributed by atoms with Crippen molar-refractivity contribution >= 4 is 12.1 Å². The topological polar surface area (TPSA) is 108 Å². The van der Waals surface area contributed by atoms with Gasteiger partial charge in [0, 0.05) is 11.6 Å². The molecule has 26 heavy (non-hydrogen) atoms. The number of alkyl carbamates (subject to hydrolysis) is 1. The average molecular weight is 362 g/mol. The predicted molar refractivity (Wildman–Crippen MR) is 89.4 cm³/mol. The highest BCUT2D eigenvalue weighted by Gasteiger charge is 2.18. The lowest BCUT2D eigenvalue weighted by atomic mass is 9.96. The third kappa shape index (κ3) is 4.62. The number of ether oxygens (including phenoxy) is 2. The van der Waals surface area contributed by atoms with Crippen molar-refractivity contribution in [3.63, 3.8) is 0 Å². The van der Waals surface area contributed by atoms with Gasteiger partial charge >= 0.3 is 12.1 Å². The molecule has 1 aliphatic rings. The fourth-order valence-electron chi connectivity index (χ4n) is 2.98. The summed E-state index contributed by atoms with van der Waals surface area (Å²) < 4.78 is 16.5. The molecule has 9 heteroatoms. The number of hydrogen-bond donors (Lipinski definition) is 1. The van der Waals surface area contributed by atoms with E-state index in [0.717, 1.165) is 25.7 Å². The lowest BCUT2D eigenvalue weighted by Crippen LogP contribution is -2.36. The van der Waals surface area contributed by atoms with Crippen molar-refractivity contribution in [1.29, 1.82) is 0 Å². The van der Waals surface area contributed by atoms with Gasteiger partial charge in [-0.3, -0.25) is 0 Å². The van der Waals surface area contributed by atoms with E-state index in [1.165, 1.54) is 24.5 Å². The number of nitrogens with zero attached hydrogens (tertiary/aromatic N) is 3. The van der Waals surface area contributed by atoms with E-state index in [0.29, 0.717) is 17.8 Å². The lowest BCUT2D eigenvalue weighted by Gasteiger charge is -2.22. The van der Waals surface area contributed by atoms with Crippen LogP contribution in [-0.2, 0) is 22.6 Å². The molecule has 2 heterocycles. The number of carbonyl (C=O) groups is 2. The Labute approximate surface area is 150 Å². The van der Waals surface area contributed by atoms with Crippen LogP contribution in [0, 0.1) is 0 Å². The molecule has 0 aromatic carbocycles. The molecule has 1 N–H and O–H groups in total. The van der Waals surface area contributed by atoms with Crippen LogP contribution in [0.2, 0.25) is 0 Å². The van der Waals surface area contributed by atoms with Gasteiger partial charge in [0.1, 0.15) is 12.3 Å². The monoisotopic (exact) mass is 362 g/mol. The third-order valence-corrected chi connectivity index (χ3v) is 4.31. The molecule has 3 rings (SSSR count). The molecule has 0 bridgehead atoms. The molecule has 0 spiro atoms. The minimum atomic E-state index is -0.548. The van der Waals surface area contributed by atoms with Crippen LogP contribution in [-0.4, -0.2) is 40.2 Å². The van der Waals surface area contributed by atoms with Crippen LogP contribution < -0.4 is 5.32 Å². The van der Waals surface area contributed by atoms with Crippen molar-refractivity contribution in [2.75, 3.05) is 7.11 Å². The van der Waals surface area contributed by atoms with Gasteiger partial charge in [0.2, 0.25) is 5.76 Å². The zero-order valence-electron chi connectivity index (χ0n) is 14.6. The molecular formula is C17H22N4O5. The van der Waals surface area contributed by atoms with Crippen LogP contribution in [0.1, 0.15) is 53.9 Å². The Kier molecular flexibility index (Phi) is 5.88. The molecule has 9 nitrogen and oxygen atoms in total. The van der Waals surface area contributed by atoms with Gasteiger partial charge in [-0.1, -0.05) is 24.5 Å². The molecule has 1 amide bonds. The standard InChI is InChI=1S/C17H22N4O5/c1-24-16(22)15-12(7-8-25-15)9-21-10-14(19-20-21)11-26-17(23)18-13-5-3-2-4-6-13/h7-8,10,13H,2-6,9,11H2,1H3,(H,18,23). The van der Waals surface area contributed by atoms with Crippen LogP contribution in [0.3, 0.4) is 0 Å². The van der Waals surface area contributed by atoms with E-state index in [4.69, 9.17) is 9.15 Å². The number of furan rings is 1. The maximum atomic E-state index is 11.8. The Morgan fingerprint density at radius 1 is 1.35 bits per heavy atom. The summed E-state index contributed by atoms with van der Waals surface area (Å²) in [6, 6.07) is 1.87. The first kappa shape index (κ1) is 18.0. The maximum Gasteiger partial charge on any atom is 0.407 e. The van der Waals surface area contributed by atoms with Crippen molar-refractivity contribution in [3.8, 4) is 0 Å². The zero-order valence-corrected chi connectivity index (χ0v) is 14.6. The van der Waals surface area contributed by atoms with E-state index < -0.39 is 12.1 Å². The molecular weight excluding hydrogens is 340 g/mol. The van der Waals surface area contributed by atoms with Crippen LogP contribution in [0.5, 0.6) is 0 Å². The van der Waals surface area contributed by atoms with Crippen LogP contribution in [0.4, 0.5) is 4.79 Å². The van der Waals surface area contributed by atoms with E-state index in [-0.39, 0.29) is 18.4 Å². The van der Waals surface area contributed by atoms with Crippen molar-refractivity contribution < 1.29 is 23.5 Å². The van der Waals surface area contributed by atoms with Crippen molar-refractivity contribution in [2.45, 2.75) is 51.3 Å². The van der Waals surface area contributed by atoms with E-state index in [1.807, 2.05) is 0 Å². The molecule has 0 unspecified atom stereocenters. The fourth-order valence-corrected chi connectivity index (χ4v) is 2.98. The Hall–Kier alpha value is -2.84. The Morgan fingerprint density at radius 2 is 2.15 bits per heavy atom. The van der Waals surface area contributed by atoms with Gasteiger partial charge in [0.25, 0.3) is 0 Å². The quantitative estimate of drug-likeness (QED) is 0.785. The summed E-state index contributed by atoms with van der Waals surface area (Å²) in [5, 5.41) is 10.8. The molecule has 2 aromatic rings. The number of esters is 1. The van der Waals surface area contributed by atoms with E-state index in [1.54, 1.807) is 12.3 Å². The number of hydrogen-bond acceptors (Lipinski definition) is 7. The number of methoxy groups -OCH3 is 1. The molecule has 0 saturated heterocycles. The molecule has 0 atom stereocenters. The first-order valence-corrected chi connectivity index (χ1v) is 8.62. The summed E-state index contributed by atoms with van der Waals surface area (Å²) in [4.78, 5) is 23.5. The smallest absolute Gasteiger partial charge is 0.407 e. The van der Waals surface area contributed by atoms with Gasteiger partial charge in [0.05, 0.1) is 26.1 Å². The lowest BCUT2D eigenvalue weighted by molar-refractivity contribution is 0.0563. The minimum Gasteiger partial charge on any atom is -0.463 e. The highest BCUT2D eigenvalue weighted by molar-refractivity contribution is 5.87. The minimum absolute atomic E-state index is 0.0355. The molecule has 0 radical (unpaired) electrons. The van der Waals surface area contributed by atoms with Gasteiger partial charge in [-0.15, -0.1) is 5.10 Å². The summed E-state index contributed by atoms with van der Waals surface area (Å²) in [5.41, 5.74) is 1.15. The van der Waals surface area contributed by atoms with Gasteiger partial charge in [-0.2, -0.15) is 0 Å². The second-order valence-corrected chi connectivity index (χ2v) is 6.23. The molecule has 1 fully saturated rings. The summed E-state index contributed by atoms with van der Waals surface area (Å²) in [5.74, 6) is -0.416. The summed E-state index contributed by atoms with van der Waals surface area (Å²) in [6.07, 6.45) is 8.14. The van der Waals surface area contributed by atoms with Crippen molar-refractivity contribution in [2.24, 2.45) is 0 Å². The highest BCUT2D eigenvalue weighted by Crippen LogP contribution is 2.17. The number of aromatic nitrogens is 3. The van der Waals surface area contributed by atoms with Crippen LogP contribution >= 0.6 is 0 Å². The molecule has 140 valence electrons. The van der Waals surface area contributed by atoms with Crippen LogP contribution in [0.15, 0.2) is 22.9 Å². The highest BCUT2D eigenvalue weighted by atomic mass is 16.5. The van der Waals surface area contributed by atoms with Gasteiger partial charge in [-0.25, -0.2) is 14.3 Å². The Morgan fingerprint density at radius 3 is 2.92 bits per heavy atom. The molecule has 1 saturated carbocycles. The first-order chi connectivity index (χ1) is 12.7. The fraction of sp³-hybridized carbons (Fsp3) is 0.529.